The van der Waals surface area contributed by atoms with Gasteiger partial charge in [0.05, 0.1) is 10.6 Å². The number of dihydropyridines is 1. The second-order valence-corrected chi connectivity index (χ2v) is 12.6. The Hall–Kier alpha value is -3.38. The molecule has 0 saturated heterocycles. The van der Waals surface area contributed by atoms with Crippen LogP contribution in [0, 0.1) is 10.8 Å². The van der Waals surface area contributed by atoms with Crippen molar-refractivity contribution in [3.63, 3.8) is 0 Å². The Bertz CT molecular complexity index is 1360. The van der Waals surface area contributed by atoms with Crippen LogP contribution in [0.25, 0.3) is 0 Å². The Kier molecular flexibility index (Phi) is 6.50. The van der Waals surface area contributed by atoms with Crippen molar-refractivity contribution in [2.75, 3.05) is 0 Å². The lowest BCUT2D eigenvalue weighted by atomic mass is 9.64. The molecule has 0 aromatic heterocycles. The van der Waals surface area contributed by atoms with Gasteiger partial charge in [0.15, 0.2) is 11.6 Å². The summed E-state index contributed by atoms with van der Waals surface area (Å²) >= 11 is 6.68. The van der Waals surface area contributed by atoms with Gasteiger partial charge in [0.25, 0.3) is 0 Å². The van der Waals surface area contributed by atoms with Crippen molar-refractivity contribution in [1.29, 1.82) is 0 Å². The van der Waals surface area contributed by atoms with Gasteiger partial charge in [0, 0.05) is 41.3 Å². The van der Waals surface area contributed by atoms with E-state index in [1.807, 2.05) is 6.07 Å². The van der Waals surface area contributed by atoms with Crippen LogP contribution in [0.5, 0.6) is 5.75 Å². The Balaban J connectivity index is 1.48. The van der Waals surface area contributed by atoms with E-state index in [2.05, 4.69) is 33.0 Å². The maximum atomic E-state index is 13.5. The highest BCUT2D eigenvalue weighted by Gasteiger charge is 2.46. The SMILES string of the molecule is CC1(C)CC(=O)C2=C(C1)NC1=C(C(=O)CC(C)(C)C1)C2c1ccc(OCc2ccc(C(=O)O)cc2)c(Cl)c1. The van der Waals surface area contributed by atoms with Crippen LogP contribution in [0.3, 0.4) is 0 Å². The minimum atomic E-state index is -0.981. The van der Waals surface area contributed by atoms with Crippen molar-refractivity contribution in [2.24, 2.45) is 10.8 Å². The maximum Gasteiger partial charge on any atom is 0.335 e. The highest BCUT2D eigenvalue weighted by molar-refractivity contribution is 6.32. The third-order valence-electron chi connectivity index (χ3n) is 7.60. The molecule has 0 bridgehead atoms. The summed E-state index contributed by atoms with van der Waals surface area (Å²) in [5.41, 5.74) is 4.71. The number of hydrogen-bond acceptors (Lipinski definition) is 5. The van der Waals surface area contributed by atoms with Crippen LogP contribution in [0.4, 0.5) is 0 Å². The molecule has 1 aliphatic heterocycles. The van der Waals surface area contributed by atoms with Gasteiger partial charge in [-0.3, -0.25) is 9.59 Å². The number of nitrogens with one attached hydrogen (secondary N) is 1. The summed E-state index contributed by atoms with van der Waals surface area (Å²) in [7, 11) is 0. The average molecular weight is 534 g/mol. The molecule has 0 fully saturated rings. The fourth-order valence-corrected chi connectivity index (χ4v) is 6.18. The molecule has 0 amide bonds. The number of carbonyl (C=O) groups is 3. The molecule has 6 nitrogen and oxygen atoms in total. The number of rotatable bonds is 5. The van der Waals surface area contributed by atoms with Crippen molar-refractivity contribution in [1.82, 2.24) is 5.32 Å². The molecule has 2 aromatic rings. The van der Waals surface area contributed by atoms with Crippen LogP contribution < -0.4 is 10.1 Å². The van der Waals surface area contributed by atoms with Gasteiger partial charge in [0.2, 0.25) is 0 Å². The Morgan fingerprint density at radius 1 is 0.921 bits per heavy atom. The van der Waals surface area contributed by atoms with E-state index < -0.39 is 11.9 Å². The third-order valence-corrected chi connectivity index (χ3v) is 7.90. The highest BCUT2D eigenvalue weighted by atomic mass is 35.5. The molecule has 5 rings (SSSR count). The first kappa shape index (κ1) is 26.2. The molecule has 0 unspecified atom stereocenters. The number of carboxylic acid groups (broad SMARTS) is 1. The summed E-state index contributed by atoms with van der Waals surface area (Å²) in [6.45, 7) is 8.62. The molecule has 2 aliphatic carbocycles. The smallest absolute Gasteiger partial charge is 0.335 e. The zero-order valence-electron chi connectivity index (χ0n) is 22.1. The largest absolute Gasteiger partial charge is 0.487 e. The number of halogens is 1. The van der Waals surface area contributed by atoms with E-state index in [9.17, 15) is 14.4 Å². The van der Waals surface area contributed by atoms with Gasteiger partial charge in [-0.05, 0) is 59.1 Å². The number of ether oxygens (including phenoxy) is 1. The molecule has 2 aromatic carbocycles. The quantitative estimate of drug-likeness (QED) is 0.450. The van der Waals surface area contributed by atoms with E-state index in [0.717, 1.165) is 35.4 Å². The molecular weight excluding hydrogens is 502 g/mol. The molecule has 0 radical (unpaired) electrons. The first-order valence-electron chi connectivity index (χ1n) is 12.9. The lowest BCUT2D eigenvalue weighted by Crippen LogP contribution is -2.42. The van der Waals surface area contributed by atoms with Crippen LogP contribution in [-0.4, -0.2) is 22.6 Å². The minimum Gasteiger partial charge on any atom is -0.487 e. The van der Waals surface area contributed by atoms with Crippen molar-refractivity contribution in [3.8, 4) is 5.75 Å². The standard InChI is InChI=1S/C31H32ClNO5/c1-30(2)12-21-27(23(34)14-30)26(28-22(33-21)13-31(3,4)15-24(28)35)19-9-10-25(20(32)11-19)38-16-17-5-7-18(8-6-17)29(36)37/h5-11,26,33H,12-16H2,1-4H3,(H,36,37). The molecular formula is C31H32ClNO5. The molecule has 38 heavy (non-hydrogen) atoms. The normalized spacial score (nSPS) is 20.6. The average Bonchev–Trinajstić information content (AvgIpc) is 2.80. The number of ketones is 2. The van der Waals surface area contributed by atoms with Crippen LogP contribution in [-0.2, 0) is 16.2 Å². The van der Waals surface area contributed by atoms with Gasteiger partial charge in [0.1, 0.15) is 12.4 Å². The van der Waals surface area contributed by atoms with E-state index in [1.165, 1.54) is 12.1 Å². The molecule has 198 valence electrons. The first-order chi connectivity index (χ1) is 17.8. The topological polar surface area (TPSA) is 92.7 Å². The first-order valence-corrected chi connectivity index (χ1v) is 13.3. The van der Waals surface area contributed by atoms with E-state index in [1.54, 1.807) is 24.3 Å². The molecule has 3 aliphatic rings. The molecule has 7 heteroatoms. The monoisotopic (exact) mass is 533 g/mol. The van der Waals surface area contributed by atoms with Gasteiger partial charge in [-0.25, -0.2) is 4.79 Å². The predicted molar refractivity (Wildman–Crippen MR) is 145 cm³/mol. The van der Waals surface area contributed by atoms with E-state index in [4.69, 9.17) is 21.4 Å². The van der Waals surface area contributed by atoms with Crippen LogP contribution in [0.1, 0.15) is 80.8 Å². The third kappa shape index (κ3) is 5.02. The van der Waals surface area contributed by atoms with Crippen LogP contribution in [0.2, 0.25) is 5.02 Å². The van der Waals surface area contributed by atoms with Gasteiger partial charge in [-0.2, -0.15) is 0 Å². The van der Waals surface area contributed by atoms with E-state index >= 15 is 0 Å². The number of allylic oxidation sites excluding steroid dienone is 4. The van der Waals surface area contributed by atoms with Crippen molar-refractivity contribution >= 4 is 29.1 Å². The number of benzene rings is 2. The molecule has 0 spiro atoms. The Morgan fingerprint density at radius 3 is 1.97 bits per heavy atom. The summed E-state index contributed by atoms with van der Waals surface area (Å²) in [4.78, 5) is 38.1. The Morgan fingerprint density at radius 2 is 1.47 bits per heavy atom. The van der Waals surface area contributed by atoms with E-state index in [-0.39, 0.29) is 34.6 Å². The summed E-state index contributed by atoms with van der Waals surface area (Å²) in [6, 6.07) is 11.9. The van der Waals surface area contributed by atoms with Gasteiger partial charge in [-0.15, -0.1) is 0 Å². The lowest BCUT2D eigenvalue weighted by Gasteiger charge is -2.44. The fourth-order valence-electron chi connectivity index (χ4n) is 5.94. The number of carbonyl (C=O) groups excluding carboxylic acids is 2. The summed E-state index contributed by atoms with van der Waals surface area (Å²) < 4.78 is 5.93. The number of hydrogen-bond donors (Lipinski definition) is 2. The van der Waals surface area contributed by atoms with E-state index in [0.29, 0.717) is 34.8 Å². The van der Waals surface area contributed by atoms with Crippen molar-refractivity contribution < 1.29 is 24.2 Å². The zero-order chi connectivity index (χ0) is 27.4. The van der Waals surface area contributed by atoms with Crippen LogP contribution in [0.15, 0.2) is 65.0 Å². The number of aromatic carboxylic acids is 1. The Labute approximate surface area is 227 Å². The van der Waals surface area contributed by atoms with Gasteiger partial charge in [-0.1, -0.05) is 57.5 Å². The number of Topliss-reactive ketones (excluding diaryl/α,β-unsaturated/α-hetero) is 2. The van der Waals surface area contributed by atoms with Gasteiger partial charge < -0.3 is 15.2 Å². The summed E-state index contributed by atoms with van der Waals surface area (Å²) in [6.07, 6.45) is 2.35. The number of carboxylic acids is 1. The van der Waals surface area contributed by atoms with Crippen molar-refractivity contribution in [2.45, 2.75) is 65.9 Å². The van der Waals surface area contributed by atoms with Gasteiger partial charge >= 0.3 is 5.97 Å². The van der Waals surface area contributed by atoms with Crippen LogP contribution >= 0.6 is 11.6 Å². The molecule has 1 heterocycles. The second kappa shape index (κ2) is 9.42. The summed E-state index contributed by atoms with van der Waals surface area (Å²) in [5.74, 6) is -0.824. The maximum absolute atomic E-state index is 13.5. The minimum absolute atomic E-state index is 0.0687. The lowest BCUT2D eigenvalue weighted by molar-refractivity contribution is -0.119. The zero-order valence-corrected chi connectivity index (χ0v) is 22.9. The molecule has 2 N–H and O–H groups in total. The highest BCUT2D eigenvalue weighted by Crippen LogP contribution is 2.51. The molecule has 0 atom stereocenters. The molecule has 0 saturated carbocycles. The second-order valence-electron chi connectivity index (χ2n) is 12.2. The predicted octanol–water partition coefficient (Wildman–Crippen LogP) is 6.59. The van der Waals surface area contributed by atoms with Crippen molar-refractivity contribution in [3.05, 3.63) is 86.7 Å². The summed E-state index contributed by atoms with van der Waals surface area (Å²) in [5, 5.41) is 13.0. The fraction of sp³-hybridized carbons (Fsp3) is 0.387.